The monoisotopic (exact) mass is 332 g/mol. The van der Waals surface area contributed by atoms with E-state index in [9.17, 15) is 0 Å². The van der Waals surface area contributed by atoms with Crippen molar-refractivity contribution >= 4 is 39.3 Å². The Labute approximate surface area is 117 Å². The van der Waals surface area contributed by atoms with E-state index in [1.165, 1.54) is 0 Å². The molecule has 1 aromatic heterocycles. The summed E-state index contributed by atoms with van der Waals surface area (Å²) in [7, 11) is 0. The zero-order valence-electron chi connectivity index (χ0n) is 8.73. The number of aromatic nitrogens is 2. The molecule has 2 aromatic rings. The van der Waals surface area contributed by atoms with Crippen LogP contribution in [0.15, 0.2) is 28.9 Å². The summed E-state index contributed by atoms with van der Waals surface area (Å²) in [6, 6.07) is 5.71. The molecule has 0 spiro atoms. The Morgan fingerprint density at radius 3 is 2.94 bits per heavy atom. The third kappa shape index (κ3) is 3.23. The predicted octanol–water partition coefficient (Wildman–Crippen LogP) is 2.70. The Bertz CT molecular complexity index is 491. The minimum atomic E-state index is -0.0765. The fourth-order valence-electron chi connectivity index (χ4n) is 1.48. The van der Waals surface area contributed by atoms with Crippen LogP contribution in [-0.2, 0) is 6.42 Å². The molecule has 0 radical (unpaired) electrons. The standard InChI is InChI=1S/C10H10BrClN4S/c11-7-2-1-6(8(12)4-7)3-9(15-13)10-5-14-17-16-10/h1-2,4-5,9,15H,3,13H2. The third-order valence-corrected chi connectivity index (χ3v) is 3.71. The predicted molar refractivity (Wildman–Crippen MR) is 72.8 cm³/mol. The van der Waals surface area contributed by atoms with E-state index in [0.29, 0.717) is 11.4 Å². The molecule has 2 rings (SSSR count). The molecule has 0 bridgehead atoms. The van der Waals surface area contributed by atoms with E-state index in [4.69, 9.17) is 17.4 Å². The van der Waals surface area contributed by atoms with Crippen LogP contribution in [0.25, 0.3) is 0 Å². The Morgan fingerprint density at radius 1 is 1.53 bits per heavy atom. The molecule has 0 aliphatic rings. The average Bonchev–Trinajstić information content (AvgIpc) is 2.81. The normalized spacial score (nSPS) is 12.6. The second-order valence-electron chi connectivity index (χ2n) is 3.49. The van der Waals surface area contributed by atoms with Crippen LogP contribution >= 0.6 is 39.3 Å². The second kappa shape index (κ2) is 5.88. The van der Waals surface area contributed by atoms with Crippen molar-refractivity contribution in [2.24, 2.45) is 5.84 Å². The fourth-order valence-corrected chi connectivity index (χ4v) is 2.70. The van der Waals surface area contributed by atoms with Crippen molar-refractivity contribution in [3.05, 3.63) is 45.1 Å². The SMILES string of the molecule is NNC(Cc1ccc(Br)cc1Cl)c1cnsn1. The zero-order chi connectivity index (χ0) is 12.3. The lowest BCUT2D eigenvalue weighted by atomic mass is 10.0. The van der Waals surface area contributed by atoms with Gasteiger partial charge in [-0.15, -0.1) is 0 Å². The molecular formula is C10H10BrClN4S. The molecule has 7 heteroatoms. The van der Waals surface area contributed by atoms with Crippen molar-refractivity contribution in [1.29, 1.82) is 0 Å². The maximum absolute atomic E-state index is 6.16. The van der Waals surface area contributed by atoms with Crippen molar-refractivity contribution in [1.82, 2.24) is 14.2 Å². The maximum atomic E-state index is 6.16. The number of halogens is 2. The molecule has 0 aliphatic heterocycles. The van der Waals surface area contributed by atoms with Crippen LogP contribution in [0.4, 0.5) is 0 Å². The number of nitrogens with two attached hydrogens (primary N) is 1. The van der Waals surface area contributed by atoms with Crippen LogP contribution in [0.5, 0.6) is 0 Å². The number of nitrogens with one attached hydrogen (secondary N) is 1. The Morgan fingerprint density at radius 2 is 2.35 bits per heavy atom. The number of nitrogens with zero attached hydrogens (tertiary/aromatic N) is 2. The van der Waals surface area contributed by atoms with Gasteiger partial charge in [-0.2, -0.15) is 8.75 Å². The molecule has 1 atom stereocenters. The highest BCUT2D eigenvalue weighted by molar-refractivity contribution is 9.10. The average molecular weight is 334 g/mol. The maximum Gasteiger partial charge on any atom is 0.0929 e. The lowest BCUT2D eigenvalue weighted by Crippen LogP contribution is -2.29. The summed E-state index contributed by atoms with van der Waals surface area (Å²) in [5.74, 6) is 5.53. The smallest absolute Gasteiger partial charge is 0.0929 e. The minimum absolute atomic E-state index is 0.0765. The number of benzene rings is 1. The highest BCUT2D eigenvalue weighted by Gasteiger charge is 2.15. The van der Waals surface area contributed by atoms with E-state index in [1.807, 2.05) is 18.2 Å². The van der Waals surface area contributed by atoms with Gasteiger partial charge in [0.05, 0.1) is 29.7 Å². The van der Waals surface area contributed by atoms with Gasteiger partial charge >= 0.3 is 0 Å². The van der Waals surface area contributed by atoms with Crippen molar-refractivity contribution < 1.29 is 0 Å². The van der Waals surface area contributed by atoms with Gasteiger partial charge in [-0.3, -0.25) is 11.3 Å². The van der Waals surface area contributed by atoms with Crippen LogP contribution in [-0.4, -0.2) is 8.75 Å². The first-order valence-electron chi connectivity index (χ1n) is 4.88. The van der Waals surface area contributed by atoms with E-state index in [0.717, 1.165) is 27.5 Å². The first kappa shape index (κ1) is 12.9. The summed E-state index contributed by atoms with van der Waals surface area (Å²) < 4.78 is 9.09. The van der Waals surface area contributed by atoms with Crippen molar-refractivity contribution in [3.8, 4) is 0 Å². The minimum Gasteiger partial charge on any atom is -0.271 e. The molecule has 1 heterocycles. The summed E-state index contributed by atoms with van der Waals surface area (Å²) in [4.78, 5) is 0. The molecule has 0 saturated heterocycles. The Kier molecular flexibility index (Phi) is 4.47. The van der Waals surface area contributed by atoms with Gasteiger partial charge in [0.25, 0.3) is 0 Å². The summed E-state index contributed by atoms with van der Waals surface area (Å²) in [5, 5.41) is 0.711. The fraction of sp³-hybridized carbons (Fsp3) is 0.200. The lowest BCUT2D eigenvalue weighted by molar-refractivity contribution is 0.542. The van der Waals surface area contributed by atoms with Crippen LogP contribution in [0.3, 0.4) is 0 Å². The largest absolute Gasteiger partial charge is 0.271 e. The van der Waals surface area contributed by atoms with Crippen molar-refractivity contribution in [3.63, 3.8) is 0 Å². The van der Waals surface area contributed by atoms with Crippen LogP contribution in [0, 0.1) is 0 Å². The molecule has 4 nitrogen and oxygen atoms in total. The number of hydrogen-bond donors (Lipinski definition) is 2. The quantitative estimate of drug-likeness (QED) is 0.667. The van der Waals surface area contributed by atoms with Gasteiger partial charge in [0, 0.05) is 9.50 Å². The van der Waals surface area contributed by atoms with E-state index in [-0.39, 0.29) is 6.04 Å². The van der Waals surface area contributed by atoms with E-state index >= 15 is 0 Å². The van der Waals surface area contributed by atoms with Crippen LogP contribution in [0.1, 0.15) is 17.3 Å². The summed E-state index contributed by atoms with van der Waals surface area (Å²) >= 11 is 10.7. The topological polar surface area (TPSA) is 63.8 Å². The number of hydrazine groups is 1. The summed E-state index contributed by atoms with van der Waals surface area (Å²) in [5.41, 5.74) is 4.58. The molecule has 0 aliphatic carbocycles. The molecule has 17 heavy (non-hydrogen) atoms. The van der Waals surface area contributed by atoms with E-state index in [2.05, 4.69) is 30.1 Å². The van der Waals surface area contributed by atoms with Gasteiger partial charge in [0.2, 0.25) is 0 Å². The summed E-state index contributed by atoms with van der Waals surface area (Å²) in [6.07, 6.45) is 2.38. The Balaban J connectivity index is 2.19. The highest BCUT2D eigenvalue weighted by atomic mass is 79.9. The summed E-state index contributed by atoms with van der Waals surface area (Å²) in [6.45, 7) is 0. The van der Waals surface area contributed by atoms with Crippen LogP contribution in [0.2, 0.25) is 5.02 Å². The van der Waals surface area contributed by atoms with Gasteiger partial charge in [0.15, 0.2) is 0 Å². The molecule has 1 unspecified atom stereocenters. The number of rotatable bonds is 4. The van der Waals surface area contributed by atoms with Crippen molar-refractivity contribution in [2.75, 3.05) is 0 Å². The first-order chi connectivity index (χ1) is 8.20. The van der Waals surface area contributed by atoms with Gasteiger partial charge in [-0.25, -0.2) is 0 Å². The molecule has 0 amide bonds. The van der Waals surface area contributed by atoms with Crippen molar-refractivity contribution in [2.45, 2.75) is 12.5 Å². The molecule has 1 aromatic carbocycles. The van der Waals surface area contributed by atoms with Crippen LogP contribution < -0.4 is 11.3 Å². The number of hydrogen-bond acceptors (Lipinski definition) is 5. The first-order valence-corrected chi connectivity index (χ1v) is 6.78. The lowest BCUT2D eigenvalue weighted by Gasteiger charge is -2.14. The molecule has 90 valence electrons. The molecule has 0 saturated carbocycles. The van der Waals surface area contributed by atoms with Gasteiger partial charge in [-0.05, 0) is 24.1 Å². The third-order valence-electron chi connectivity index (χ3n) is 2.38. The molecule has 3 N–H and O–H groups in total. The van der Waals surface area contributed by atoms with Gasteiger partial charge in [-0.1, -0.05) is 33.6 Å². The highest BCUT2D eigenvalue weighted by Crippen LogP contribution is 2.25. The molecule has 0 fully saturated rings. The molecular weight excluding hydrogens is 324 g/mol. The van der Waals surface area contributed by atoms with Gasteiger partial charge < -0.3 is 0 Å². The zero-order valence-corrected chi connectivity index (χ0v) is 11.9. The van der Waals surface area contributed by atoms with Gasteiger partial charge in [0.1, 0.15) is 0 Å². The Hall–Kier alpha value is -0.530. The van der Waals surface area contributed by atoms with E-state index < -0.39 is 0 Å². The van der Waals surface area contributed by atoms with E-state index in [1.54, 1.807) is 6.20 Å². The second-order valence-corrected chi connectivity index (χ2v) is 5.37.